The average molecular weight is 452 g/mol. The fraction of sp³-hybridized carbons (Fsp3) is 0.440. The van der Waals surface area contributed by atoms with Crippen LogP contribution in [0.15, 0.2) is 42.6 Å². The molecular weight excluding hydrogens is 418 g/mol. The van der Waals surface area contributed by atoms with Crippen molar-refractivity contribution in [2.75, 3.05) is 17.3 Å². The molecule has 2 heterocycles. The Morgan fingerprint density at radius 3 is 2.52 bits per heavy atom. The van der Waals surface area contributed by atoms with Crippen LogP contribution in [0.1, 0.15) is 38.8 Å². The number of benzene rings is 1. The molecule has 3 amide bonds. The van der Waals surface area contributed by atoms with Gasteiger partial charge >= 0.3 is 0 Å². The molecule has 33 heavy (non-hydrogen) atoms. The summed E-state index contributed by atoms with van der Waals surface area (Å²) in [5.41, 5.74) is 2.58. The van der Waals surface area contributed by atoms with Gasteiger partial charge in [0.1, 0.15) is 17.9 Å². The van der Waals surface area contributed by atoms with Crippen LogP contribution in [0.25, 0.3) is 0 Å². The van der Waals surface area contributed by atoms with E-state index in [1.807, 2.05) is 51.1 Å². The quantitative estimate of drug-likeness (QED) is 0.571. The predicted octanol–water partition coefficient (Wildman–Crippen LogP) is 2.29. The van der Waals surface area contributed by atoms with E-state index >= 15 is 0 Å². The molecule has 1 aliphatic rings. The van der Waals surface area contributed by atoms with Crippen molar-refractivity contribution < 1.29 is 14.4 Å². The van der Waals surface area contributed by atoms with Gasteiger partial charge in [-0.2, -0.15) is 0 Å². The van der Waals surface area contributed by atoms with E-state index < -0.39 is 18.1 Å². The minimum absolute atomic E-state index is 0.178. The van der Waals surface area contributed by atoms with Crippen molar-refractivity contribution in [3.05, 3.63) is 53.7 Å². The second-order valence-electron chi connectivity index (χ2n) is 8.65. The van der Waals surface area contributed by atoms with Crippen molar-refractivity contribution in [2.24, 2.45) is 5.92 Å². The number of para-hydroxylation sites is 1. The highest BCUT2D eigenvalue weighted by Crippen LogP contribution is 2.32. The van der Waals surface area contributed by atoms with E-state index in [2.05, 4.69) is 20.9 Å². The summed E-state index contributed by atoms with van der Waals surface area (Å²) in [4.78, 5) is 45.6. The van der Waals surface area contributed by atoms with Gasteiger partial charge in [-0.05, 0) is 49.6 Å². The summed E-state index contributed by atoms with van der Waals surface area (Å²) in [5, 5.41) is 8.74. The van der Waals surface area contributed by atoms with Crippen molar-refractivity contribution in [2.45, 2.75) is 58.7 Å². The molecule has 8 heteroatoms. The summed E-state index contributed by atoms with van der Waals surface area (Å²) in [7, 11) is 1.69. The maximum Gasteiger partial charge on any atom is 0.251 e. The van der Waals surface area contributed by atoms with Crippen LogP contribution in [0.5, 0.6) is 0 Å². The van der Waals surface area contributed by atoms with Gasteiger partial charge in [0.25, 0.3) is 5.91 Å². The third kappa shape index (κ3) is 5.22. The van der Waals surface area contributed by atoms with Gasteiger partial charge in [-0.15, -0.1) is 0 Å². The van der Waals surface area contributed by atoms with Crippen LogP contribution in [0, 0.1) is 5.92 Å². The highest BCUT2D eigenvalue weighted by Gasteiger charge is 2.43. The van der Waals surface area contributed by atoms with Gasteiger partial charge in [0, 0.05) is 18.3 Å². The largest absolute Gasteiger partial charge is 0.343 e. The molecule has 3 N–H and O–H groups in total. The number of hydrogen-bond donors (Lipinski definition) is 3. The number of aromatic nitrogens is 1. The zero-order chi connectivity index (χ0) is 24.1. The number of aryl methyl sites for hydroxylation is 1. The summed E-state index contributed by atoms with van der Waals surface area (Å²) in [6.07, 6.45) is 2.75. The van der Waals surface area contributed by atoms with Gasteiger partial charge < -0.3 is 16.0 Å². The summed E-state index contributed by atoms with van der Waals surface area (Å²) in [5.74, 6) is -0.610. The van der Waals surface area contributed by atoms with Crippen LogP contribution < -0.4 is 20.9 Å². The third-order valence-electron chi connectivity index (χ3n) is 6.07. The van der Waals surface area contributed by atoms with Crippen molar-refractivity contribution in [1.82, 2.24) is 15.6 Å². The molecule has 2 aromatic rings. The molecule has 8 nitrogen and oxygen atoms in total. The monoisotopic (exact) mass is 451 g/mol. The molecule has 0 unspecified atom stereocenters. The first-order chi connectivity index (χ1) is 15.8. The van der Waals surface area contributed by atoms with Crippen LogP contribution in [-0.4, -0.2) is 47.9 Å². The SMILES string of the molecule is CCc1ccccc1NC(=O)[C@@H]1Cc2cccnc2N1C(=O)[C@@H](NC(=O)[C@H](C)NC)C(C)C. The number of rotatable bonds is 8. The van der Waals surface area contributed by atoms with E-state index in [-0.39, 0.29) is 23.6 Å². The molecule has 0 radical (unpaired) electrons. The second kappa shape index (κ2) is 10.6. The molecule has 3 atom stereocenters. The number of pyridine rings is 1. The average Bonchev–Trinajstić information content (AvgIpc) is 3.21. The summed E-state index contributed by atoms with van der Waals surface area (Å²) >= 11 is 0. The fourth-order valence-electron chi connectivity index (χ4n) is 3.96. The Morgan fingerprint density at radius 1 is 1.12 bits per heavy atom. The number of amides is 3. The van der Waals surface area contributed by atoms with E-state index in [1.54, 1.807) is 26.2 Å². The van der Waals surface area contributed by atoms with Gasteiger partial charge in [-0.3, -0.25) is 19.3 Å². The Morgan fingerprint density at radius 2 is 1.85 bits per heavy atom. The first kappa shape index (κ1) is 24.4. The minimum atomic E-state index is -0.792. The second-order valence-corrected chi connectivity index (χ2v) is 8.65. The highest BCUT2D eigenvalue weighted by atomic mass is 16.2. The maximum absolute atomic E-state index is 13.8. The van der Waals surface area contributed by atoms with Gasteiger partial charge in [0.15, 0.2) is 0 Å². The van der Waals surface area contributed by atoms with Crippen molar-refractivity contribution in [1.29, 1.82) is 0 Å². The number of nitrogens with zero attached hydrogens (tertiary/aromatic N) is 2. The number of likely N-dealkylation sites (N-methyl/N-ethyl adjacent to an activating group) is 1. The summed E-state index contributed by atoms with van der Waals surface area (Å²) in [6, 6.07) is 9.31. The van der Waals surface area contributed by atoms with Crippen molar-refractivity contribution in [3.63, 3.8) is 0 Å². The first-order valence-electron chi connectivity index (χ1n) is 11.4. The lowest BCUT2D eigenvalue weighted by atomic mass is 10.0. The summed E-state index contributed by atoms with van der Waals surface area (Å²) < 4.78 is 0. The molecule has 176 valence electrons. The van der Waals surface area contributed by atoms with Crippen LogP contribution in [0.3, 0.4) is 0 Å². The molecule has 1 aliphatic heterocycles. The normalized spacial score (nSPS) is 16.8. The molecule has 1 aromatic carbocycles. The van der Waals surface area contributed by atoms with Gasteiger partial charge in [0.2, 0.25) is 11.8 Å². The molecule has 0 saturated carbocycles. The molecule has 0 fully saturated rings. The van der Waals surface area contributed by atoms with Crippen LogP contribution in [-0.2, 0) is 27.2 Å². The third-order valence-corrected chi connectivity index (χ3v) is 6.07. The Bertz CT molecular complexity index is 1020. The Labute approximate surface area is 195 Å². The van der Waals surface area contributed by atoms with E-state index in [0.29, 0.717) is 12.2 Å². The van der Waals surface area contributed by atoms with Gasteiger partial charge in [-0.1, -0.05) is 45.0 Å². The number of carbonyl (C=O) groups excluding carboxylic acids is 3. The lowest BCUT2D eigenvalue weighted by Crippen LogP contribution is -2.57. The van der Waals surface area contributed by atoms with Gasteiger partial charge in [0.05, 0.1) is 6.04 Å². The maximum atomic E-state index is 13.8. The highest BCUT2D eigenvalue weighted by molar-refractivity contribution is 6.09. The van der Waals surface area contributed by atoms with Crippen LogP contribution >= 0.6 is 0 Å². The fourth-order valence-corrected chi connectivity index (χ4v) is 3.96. The molecule has 0 saturated heterocycles. The Kier molecular flexibility index (Phi) is 7.81. The number of nitrogens with one attached hydrogen (secondary N) is 3. The van der Waals surface area contributed by atoms with E-state index in [9.17, 15) is 14.4 Å². The molecular formula is C25H33N5O3. The molecule has 0 spiro atoms. The topological polar surface area (TPSA) is 103 Å². The lowest BCUT2D eigenvalue weighted by molar-refractivity contribution is -0.130. The minimum Gasteiger partial charge on any atom is -0.343 e. The van der Waals surface area contributed by atoms with Gasteiger partial charge in [-0.25, -0.2) is 4.98 Å². The molecule has 0 aliphatic carbocycles. The molecule has 1 aromatic heterocycles. The smallest absolute Gasteiger partial charge is 0.251 e. The number of carbonyl (C=O) groups is 3. The van der Waals surface area contributed by atoms with E-state index in [0.717, 1.165) is 23.2 Å². The van der Waals surface area contributed by atoms with Crippen molar-refractivity contribution in [3.8, 4) is 0 Å². The van der Waals surface area contributed by atoms with E-state index in [1.165, 1.54) is 4.90 Å². The number of anilines is 2. The first-order valence-corrected chi connectivity index (χ1v) is 11.4. The Balaban J connectivity index is 1.92. The molecule has 3 rings (SSSR count). The standard InChI is InChI=1S/C25H33N5O3/c1-6-17-10-7-8-12-19(17)28-24(32)20-14-18-11-9-13-27-22(18)30(20)25(33)21(15(2)3)29-23(31)16(4)26-5/h7-13,15-16,20-21,26H,6,14H2,1-5H3,(H,28,32)(H,29,31)/t16-,20-,21-/m0/s1. The number of fused-ring (bicyclic) bond motifs is 1. The predicted molar refractivity (Wildman–Crippen MR) is 129 cm³/mol. The van der Waals surface area contributed by atoms with Crippen LogP contribution in [0.4, 0.5) is 11.5 Å². The van der Waals surface area contributed by atoms with Crippen LogP contribution in [0.2, 0.25) is 0 Å². The van der Waals surface area contributed by atoms with Crippen molar-refractivity contribution >= 4 is 29.2 Å². The summed E-state index contributed by atoms with van der Waals surface area (Å²) in [6.45, 7) is 7.49. The Hall–Kier alpha value is -3.26. The number of hydrogen-bond acceptors (Lipinski definition) is 5. The van der Waals surface area contributed by atoms with E-state index in [4.69, 9.17) is 0 Å². The zero-order valence-corrected chi connectivity index (χ0v) is 19.9. The molecule has 0 bridgehead atoms. The zero-order valence-electron chi connectivity index (χ0n) is 19.9. The lowest BCUT2D eigenvalue weighted by Gasteiger charge is -2.31.